The Labute approximate surface area is 227 Å². The van der Waals surface area contributed by atoms with Crippen LogP contribution in [0.5, 0.6) is 0 Å². The van der Waals surface area contributed by atoms with Gasteiger partial charge in [0, 0.05) is 11.8 Å². The summed E-state index contributed by atoms with van der Waals surface area (Å²) < 4.78 is 32.7. The second-order valence-corrected chi connectivity index (χ2v) is 16.2. The van der Waals surface area contributed by atoms with Gasteiger partial charge in [-0.25, -0.2) is 8.42 Å². The molecule has 202 valence electrons. The number of Topliss-reactive ketones (excluding diaryl/α,β-unsaturated/α-hetero) is 1. The largest absolute Gasteiger partial charge is 0.748 e. The fraction of sp³-hybridized carbons (Fsp3) is 0.387. The minimum absolute atomic E-state index is 0.0248. The van der Waals surface area contributed by atoms with Gasteiger partial charge in [-0.1, -0.05) is 68.4 Å². The molecule has 1 unspecified atom stereocenters. The van der Waals surface area contributed by atoms with Crippen molar-refractivity contribution < 1.29 is 22.9 Å². The summed E-state index contributed by atoms with van der Waals surface area (Å²) in [6.45, 7) is 5.73. The topological polar surface area (TPSA) is 94.5 Å². The molecule has 0 aliphatic heterocycles. The molecule has 0 radical (unpaired) electrons. The Morgan fingerprint density at radius 2 is 1.32 bits per heavy atom. The van der Waals surface area contributed by atoms with Gasteiger partial charge in [-0.05, 0) is 67.5 Å². The summed E-state index contributed by atoms with van der Waals surface area (Å²) >= 11 is 0. The molecule has 2 aliphatic rings. The average Bonchev–Trinajstić information content (AvgIpc) is 3.22. The van der Waals surface area contributed by atoms with E-state index in [9.17, 15) is 22.9 Å². The molecule has 2 bridgehead atoms. The van der Waals surface area contributed by atoms with Gasteiger partial charge < -0.3 is 9.66 Å². The fourth-order valence-electron chi connectivity index (χ4n) is 6.62. The lowest BCUT2D eigenvalue weighted by Crippen LogP contribution is -2.42. The molecule has 2 aliphatic carbocycles. The normalized spacial score (nSPS) is 23.0. The maximum atomic E-state index is 11.8. The lowest BCUT2D eigenvalue weighted by atomic mass is 9.70. The second kappa shape index (κ2) is 11.0. The van der Waals surface area contributed by atoms with Crippen LogP contribution in [-0.2, 0) is 14.9 Å². The van der Waals surface area contributed by atoms with Crippen molar-refractivity contribution in [3.8, 4) is 0 Å². The van der Waals surface area contributed by atoms with Crippen molar-refractivity contribution in [1.29, 1.82) is 0 Å². The van der Waals surface area contributed by atoms with Crippen molar-refractivity contribution >= 4 is 39.1 Å². The van der Waals surface area contributed by atoms with Crippen LogP contribution in [0, 0.1) is 16.7 Å². The average molecular weight is 553 g/mol. The highest BCUT2D eigenvalue weighted by molar-refractivity contribution is 7.95. The lowest BCUT2D eigenvalue weighted by molar-refractivity contribution is -0.128. The first-order valence-corrected chi connectivity index (χ1v) is 16.7. The zero-order valence-corrected chi connectivity index (χ0v) is 24.0. The zero-order chi connectivity index (χ0) is 27.6. The highest BCUT2D eigenvalue weighted by atomic mass is 32.2. The van der Waals surface area contributed by atoms with Gasteiger partial charge >= 0.3 is 0 Å². The summed E-state index contributed by atoms with van der Waals surface area (Å²) in [7, 11) is -6.19. The fourth-order valence-corrected chi connectivity index (χ4v) is 12.3. The van der Waals surface area contributed by atoms with Crippen LogP contribution in [0.3, 0.4) is 0 Å². The van der Waals surface area contributed by atoms with E-state index in [0.29, 0.717) is 12.8 Å². The van der Waals surface area contributed by atoms with Crippen molar-refractivity contribution in [3.63, 3.8) is 0 Å². The van der Waals surface area contributed by atoms with E-state index >= 15 is 0 Å². The van der Waals surface area contributed by atoms with Crippen molar-refractivity contribution in [2.45, 2.75) is 46.1 Å². The van der Waals surface area contributed by atoms with E-state index in [4.69, 9.17) is 0 Å². The predicted octanol–water partition coefficient (Wildman–Crippen LogP) is 4.29. The van der Waals surface area contributed by atoms with Crippen LogP contribution in [0.25, 0.3) is 0 Å². The number of fused-ring (bicyclic) bond motifs is 2. The molecule has 1 N–H and O–H groups in total. The van der Waals surface area contributed by atoms with Crippen LogP contribution in [0.2, 0.25) is 0 Å². The SMILES string of the molecule is CC(O)C[P+](c1ccccc1)(c1ccccc1)c1ccccc1.CC1(C)[C@@H]2CC[C@@]1(CS(=O)(=O)[O-])C(=O)C2. The third-order valence-corrected chi connectivity index (χ3v) is 14.2. The smallest absolute Gasteiger partial charge is 0.140 e. The van der Waals surface area contributed by atoms with E-state index in [1.54, 1.807) is 0 Å². The Morgan fingerprint density at radius 1 is 0.895 bits per heavy atom. The van der Waals surface area contributed by atoms with Crippen LogP contribution in [0.15, 0.2) is 91.0 Å². The van der Waals surface area contributed by atoms with Gasteiger partial charge in [0.1, 0.15) is 29.0 Å². The van der Waals surface area contributed by atoms with Crippen LogP contribution in [-0.4, -0.2) is 41.9 Å². The Balaban J connectivity index is 0.000000194. The highest BCUT2D eigenvalue weighted by Crippen LogP contribution is 2.64. The van der Waals surface area contributed by atoms with E-state index in [2.05, 4.69) is 91.0 Å². The number of benzene rings is 3. The Hall–Kier alpha value is -2.37. The number of carbonyl (C=O) groups excluding carboxylic acids is 1. The summed E-state index contributed by atoms with van der Waals surface area (Å²) in [5.41, 5.74) is -1.22. The molecule has 0 aromatic heterocycles. The number of hydrogen-bond acceptors (Lipinski definition) is 5. The summed E-state index contributed by atoms with van der Waals surface area (Å²) in [6, 6.07) is 32.0. The van der Waals surface area contributed by atoms with Crippen molar-refractivity contribution in [3.05, 3.63) is 91.0 Å². The summed E-state index contributed by atoms with van der Waals surface area (Å²) in [5, 5.41) is 14.3. The Bertz CT molecular complexity index is 1240. The molecule has 2 saturated carbocycles. The first-order chi connectivity index (χ1) is 17.9. The van der Waals surface area contributed by atoms with Crippen LogP contribution >= 0.6 is 7.26 Å². The second-order valence-electron chi connectivity index (χ2n) is 11.2. The molecule has 2 fully saturated rings. The van der Waals surface area contributed by atoms with Crippen molar-refractivity contribution in [2.24, 2.45) is 16.7 Å². The van der Waals surface area contributed by atoms with Gasteiger partial charge in [-0.3, -0.25) is 4.79 Å². The molecule has 3 atom stereocenters. The molecular formula is C31H37O5PS. The minimum atomic E-state index is -4.33. The number of hydrogen-bond donors (Lipinski definition) is 1. The molecule has 5 nitrogen and oxygen atoms in total. The standard InChI is InChI=1S/C21H22OP.C10H16O4S/c1-18(22)17-23(19-11-5-2-6-12-19,20-13-7-3-8-14-20)21-15-9-4-10-16-21;1-9(2)7-3-4-10(9,8(11)5-7)6-15(12,13)14/h2-16,18,22H,17H2,1H3;7H,3-6H2,1-2H3,(H,12,13,14)/q+1;/p-1/t;7-,10-/m.1/s1. The van der Waals surface area contributed by atoms with Crippen LogP contribution in [0.1, 0.15) is 40.0 Å². The quantitative estimate of drug-likeness (QED) is 0.349. The first-order valence-electron chi connectivity index (χ1n) is 13.1. The van der Waals surface area contributed by atoms with Crippen molar-refractivity contribution in [1.82, 2.24) is 0 Å². The molecule has 0 heterocycles. The number of rotatable bonds is 7. The van der Waals surface area contributed by atoms with Gasteiger partial charge in [0.05, 0.1) is 28.1 Å². The minimum Gasteiger partial charge on any atom is -0.748 e. The molecule has 0 amide bonds. The summed E-state index contributed by atoms with van der Waals surface area (Å²) in [6.07, 6.45) is 2.27. The molecule has 7 heteroatoms. The lowest BCUT2D eigenvalue weighted by Gasteiger charge is -2.37. The Morgan fingerprint density at radius 3 is 1.61 bits per heavy atom. The van der Waals surface area contributed by atoms with Crippen LogP contribution in [0.4, 0.5) is 0 Å². The monoisotopic (exact) mass is 552 g/mol. The maximum Gasteiger partial charge on any atom is 0.140 e. The van der Waals surface area contributed by atoms with Gasteiger partial charge in [-0.2, -0.15) is 0 Å². The predicted molar refractivity (Wildman–Crippen MR) is 155 cm³/mol. The molecule has 5 rings (SSSR count). The van der Waals surface area contributed by atoms with Gasteiger partial charge in [0.2, 0.25) is 0 Å². The molecule has 38 heavy (non-hydrogen) atoms. The van der Waals surface area contributed by atoms with Gasteiger partial charge in [0.15, 0.2) is 0 Å². The number of aliphatic hydroxyl groups is 1. The molecular weight excluding hydrogens is 515 g/mol. The highest BCUT2D eigenvalue weighted by Gasteiger charge is 2.64. The molecule has 0 spiro atoms. The Kier molecular flexibility index (Phi) is 8.30. The number of ketones is 1. The summed E-state index contributed by atoms with van der Waals surface area (Å²) in [5.74, 6) is -0.280. The van der Waals surface area contributed by atoms with E-state index in [1.807, 2.05) is 20.8 Å². The number of carbonyl (C=O) groups is 1. The third kappa shape index (κ3) is 5.37. The number of aliphatic hydroxyl groups excluding tert-OH is 1. The van der Waals surface area contributed by atoms with E-state index in [-0.39, 0.29) is 23.2 Å². The molecule has 0 saturated heterocycles. The zero-order valence-electron chi connectivity index (χ0n) is 22.3. The third-order valence-electron chi connectivity index (χ3n) is 8.69. The van der Waals surface area contributed by atoms with Gasteiger partial charge in [0.25, 0.3) is 0 Å². The van der Waals surface area contributed by atoms with E-state index in [0.717, 1.165) is 12.6 Å². The maximum absolute atomic E-state index is 11.8. The summed E-state index contributed by atoms with van der Waals surface area (Å²) in [4.78, 5) is 11.8. The first kappa shape index (κ1) is 28.6. The van der Waals surface area contributed by atoms with E-state index in [1.165, 1.54) is 15.9 Å². The van der Waals surface area contributed by atoms with E-state index < -0.39 is 28.5 Å². The van der Waals surface area contributed by atoms with Crippen LogP contribution < -0.4 is 15.9 Å². The van der Waals surface area contributed by atoms with Gasteiger partial charge in [-0.15, -0.1) is 0 Å². The molecule has 3 aromatic carbocycles. The molecule has 3 aromatic rings. The van der Waals surface area contributed by atoms with Crippen molar-refractivity contribution in [2.75, 3.05) is 11.9 Å².